The topological polar surface area (TPSA) is 73.1 Å². The van der Waals surface area contributed by atoms with Gasteiger partial charge in [0.05, 0.1) is 17.8 Å². The van der Waals surface area contributed by atoms with E-state index in [2.05, 4.69) is 25.9 Å². The van der Waals surface area contributed by atoms with Crippen molar-refractivity contribution in [1.82, 2.24) is 4.90 Å². The Balaban J connectivity index is 2.34. The highest BCUT2D eigenvalue weighted by Gasteiger charge is 2.71. The van der Waals surface area contributed by atoms with Crippen molar-refractivity contribution in [2.45, 2.75) is 45.2 Å². The highest BCUT2D eigenvalue weighted by molar-refractivity contribution is 5.77. The predicted octanol–water partition coefficient (Wildman–Crippen LogP) is 2.00. The molecule has 0 bridgehead atoms. The van der Waals surface area contributed by atoms with Crippen molar-refractivity contribution in [2.75, 3.05) is 0 Å². The summed E-state index contributed by atoms with van der Waals surface area (Å²) in [4.78, 5) is 12.8. The van der Waals surface area contributed by atoms with Gasteiger partial charge in [0, 0.05) is 0 Å². The summed E-state index contributed by atoms with van der Waals surface area (Å²) < 4.78 is 0. The standard InChI is InChI=1S/C11H18N2O3/c1-10(2,3)11-5-7(11)4-8(6-12-16)13(11)9(14)15/h6-8,16H,4-5H2,1-3H3,(H,14,15)/t7-,8-,11-/m1/s1. The number of carboxylic acid groups (broad SMARTS) is 1. The van der Waals surface area contributed by atoms with Crippen LogP contribution >= 0.6 is 0 Å². The van der Waals surface area contributed by atoms with Crippen LogP contribution in [0.3, 0.4) is 0 Å². The first-order chi connectivity index (χ1) is 7.34. The molecule has 0 aromatic rings. The molecular formula is C11H18N2O3. The lowest BCUT2D eigenvalue weighted by molar-refractivity contribution is 0.0734. The van der Waals surface area contributed by atoms with Crippen LogP contribution in [0.2, 0.25) is 0 Å². The zero-order valence-corrected chi connectivity index (χ0v) is 9.84. The van der Waals surface area contributed by atoms with Crippen molar-refractivity contribution < 1.29 is 15.1 Å². The lowest BCUT2D eigenvalue weighted by Gasteiger charge is -2.39. The van der Waals surface area contributed by atoms with Crippen LogP contribution in [0.4, 0.5) is 4.79 Å². The molecule has 1 aliphatic heterocycles. The zero-order chi connectivity index (χ0) is 12.1. The van der Waals surface area contributed by atoms with Gasteiger partial charge in [-0.2, -0.15) is 0 Å². The van der Waals surface area contributed by atoms with Gasteiger partial charge < -0.3 is 10.3 Å². The predicted molar refractivity (Wildman–Crippen MR) is 58.8 cm³/mol. The minimum absolute atomic E-state index is 0.0753. The van der Waals surface area contributed by atoms with E-state index in [1.807, 2.05) is 0 Å². The van der Waals surface area contributed by atoms with Crippen LogP contribution < -0.4 is 0 Å². The van der Waals surface area contributed by atoms with Gasteiger partial charge in [-0.1, -0.05) is 25.9 Å². The molecule has 5 nitrogen and oxygen atoms in total. The average molecular weight is 226 g/mol. The highest BCUT2D eigenvalue weighted by atomic mass is 16.4. The summed E-state index contributed by atoms with van der Waals surface area (Å²) in [6.45, 7) is 6.21. The Hall–Kier alpha value is -1.26. The molecule has 1 aliphatic carbocycles. The molecular weight excluding hydrogens is 208 g/mol. The van der Waals surface area contributed by atoms with Gasteiger partial charge in [0.1, 0.15) is 0 Å². The summed E-state index contributed by atoms with van der Waals surface area (Å²) in [5.41, 5.74) is -0.335. The maximum atomic E-state index is 11.4. The molecule has 2 rings (SSSR count). The fourth-order valence-electron chi connectivity index (χ4n) is 3.38. The number of fused-ring (bicyclic) bond motifs is 1. The van der Waals surface area contributed by atoms with E-state index < -0.39 is 6.09 Å². The number of oxime groups is 1. The van der Waals surface area contributed by atoms with Gasteiger partial charge >= 0.3 is 6.09 Å². The SMILES string of the molecule is CC(C)(C)[C@@]12C[C@H]1C[C@H](C=NO)N2C(=O)O. The second-order valence-corrected chi connectivity index (χ2v) is 5.80. The van der Waals surface area contributed by atoms with Gasteiger partial charge in [-0.05, 0) is 24.2 Å². The summed E-state index contributed by atoms with van der Waals surface area (Å²) in [7, 11) is 0. The number of rotatable bonds is 1. The van der Waals surface area contributed by atoms with E-state index in [0.717, 1.165) is 12.8 Å². The molecule has 0 aromatic carbocycles. The third-order valence-electron chi connectivity index (χ3n) is 4.10. The number of hydrogen-bond acceptors (Lipinski definition) is 3. The summed E-state index contributed by atoms with van der Waals surface area (Å²) in [6.07, 6.45) is 2.11. The Bertz CT molecular complexity index is 348. The lowest BCUT2D eigenvalue weighted by Crippen LogP contribution is -2.51. The number of amides is 1. The van der Waals surface area contributed by atoms with Crippen molar-refractivity contribution in [3.63, 3.8) is 0 Å². The van der Waals surface area contributed by atoms with Crippen LogP contribution in [0.25, 0.3) is 0 Å². The third kappa shape index (κ3) is 1.23. The lowest BCUT2D eigenvalue weighted by atomic mass is 9.82. The minimum atomic E-state index is -0.917. The fraction of sp³-hybridized carbons (Fsp3) is 0.818. The van der Waals surface area contributed by atoms with Crippen LogP contribution in [0.15, 0.2) is 5.16 Å². The number of nitrogens with zero attached hydrogens (tertiary/aromatic N) is 2. The normalized spacial score (nSPS) is 37.8. The molecule has 1 saturated heterocycles. The van der Waals surface area contributed by atoms with E-state index in [0.29, 0.717) is 5.92 Å². The Morgan fingerprint density at radius 1 is 1.56 bits per heavy atom. The van der Waals surface area contributed by atoms with Crippen LogP contribution in [-0.2, 0) is 0 Å². The maximum Gasteiger partial charge on any atom is 0.408 e. The summed E-state index contributed by atoms with van der Waals surface area (Å²) in [6, 6.07) is -0.277. The van der Waals surface area contributed by atoms with Crippen molar-refractivity contribution in [3.05, 3.63) is 0 Å². The average Bonchev–Trinajstić information content (AvgIpc) is 2.72. The minimum Gasteiger partial charge on any atom is -0.465 e. The van der Waals surface area contributed by atoms with Crippen molar-refractivity contribution in [3.8, 4) is 0 Å². The molecule has 5 heteroatoms. The van der Waals surface area contributed by atoms with E-state index in [-0.39, 0.29) is 17.0 Å². The molecule has 16 heavy (non-hydrogen) atoms. The van der Waals surface area contributed by atoms with Gasteiger partial charge in [-0.3, -0.25) is 4.90 Å². The van der Waals surface area contributed by atoms with Gasteiger partial charge in [0.2, 0.25) is 0 Å². The first kappa shape index (κ1) is 11.2. The molecule has 2 N–H and O–H groups in total. The Morgan fingerprint density at radius 2 is 2.19 bits per heavy atom. The Morgan fingerprint density at radius 3 is 2.62 bits per heavy atom. The van der Waals surface area contributed by atoms with Crippen molar-refractivity contribution >= 4 is 12.3 Å². The summed E-state index contributed by atoms with van der Waals surface area (Å²) in [5.74, 6) is 0.409. The second kappa shape index (κ2) is 3.12. The molecule has 2 fully saturated rings. The molecule has 1 saturated carbocycles. The van der Waals surface area contributed by atoms with Gasteiger partial charge in [0.15, 0.2) is 0 Å². The van der Waals surface area contributed by atoms with E-state index in [1.165, 1.54) is 11.1 Å². The summed E-state index contributed by atoms with van der Waals surface area (Å²) in [5, 5.41) is 20.9. The van der Waals surface area contributed by atoms with Gasteiger partial charge in [0.25, 0.3) is 0 Å². The zero-order valence-electron chi connectivity index (χ0n) is 9.84. The number of hydrogen-bond donors (Lipinski definition) is 2. The van der Waals surface area contributed by atoms with E-state index in [4.69, 9.17) is 5.21 Å². The van der Waals surface area contributed by atoms with Gasteiger partial charge in [-0.25, -0.2) is 4.79 Å². The molecule has 1 heterocycles. The molecule has 2 aliphatic rings. The monoisotopic (exact) mass is 226 g/mol. The third-order valence-corrected chi connectivity index (χ3v) is 4.10. The van der Waals surface area contributed by atoms with Crippen LogP contribution in [0, 0.1) is 11.3 Å². The largest absolute Gasteiger partial charge is 0.465 e. The first-order valence-electron chi connectivity index (χ1n) is 5.54. The van der Waals surface area contributed by atoms with E-state index >= 15 is 0 Å². The van der Waals surface area contributed by atoms with Crippen LogP contribution in [0.1, 0.15) is 33.6 Å². The second-order valence-electron chi connectivity index (χ2n) is 5.80. The quantitative estimate of drug-likeness (QED) is 0.408. The maximum absolute atomic E-state index is 11.4. The Labute approximate surface area is 94.7 Å². The molecule has 0 radical (unpaired) electrons. The smallest absolute Gasteiger partial charge is 0.408 e. The summed E-state index contributed by atoms with van der Waals surface area (Å²) >= 11 is 0. The number of likely N-dealkylation sites (tertiary alicyclic amines) is 1. The van der Waals surface area contributed by atoms with Crippen LogP contribution in [-0.4, -0.2) is 39.1 Å². The molecule has 1 amide bonds. The molecule has 90 valence electrons. The van der Waals surface area contributed by atoms with Crippen molar-refractivity contribution in [1.29, 1.82) is 0 Å². The van der Waals surface area contributed by atoms with Crippen LogP contribution in [0.5, 0.6) is 0 Å². The molecule has 0 aromatic heterocycles. The number of carbonyl (C=O) groups is 1. The van der Waals surface area contributed by atoms with E-state index in [1.54, 1.807) is 0 Å². The molecule has 0 spiro atoms. The fourth-order valence-corrected chi connectivity index (χ4v) is 3.38. The van der Waals surface area contributed by atoms with E-state index in [9.17, 15) is 9.90 Å². The highest BCUT2D eigenvalue weighted by Crippen LogP contribution is 2.65. The van der Waals surface area contributed by atoms with Crippen molar-refractivity contribution in [2.24, 2.45) is 16.5 Å². The Kier molecular flexibility index (Phi) is 2.19. The molecule has 3 atom stereocenters. The van der Waals surface area contributed by atoms with Gasteiger partial charge in [-0.15, -0.1) is 0 Å². The molecule has 0 unspecified atom stereocenters. The first-order valence-corrected chi connectivity index (χ1v) is 5.54. The number of piperidine rings is 1.